The second-order valence-corrected chi connectivity index (χ2v) is 3.25. The number of nitro benzene ring substituents is 1. The Morgan fingerprint density at radius 2 is 2.00 bits per heavy atom. The van der Waals surface area contributed by atoms with Gasteiger partial charge in [0.25, 0.3) is 11.6 Å². The SMILES string of the molecule is CO/C(C)=C\C(=O)Nc1ccc([N+](=O)[O-])cc1. The zero-order valence-electron chi connectivity index (χ0n) is 9.47. The molecule has 0 saturated heterocycles. The molecule has 0 aromatic heterocycles. The summed E-state index contributed by atoms with van der Waals surface area (Å²) in [5.41, 5.74) is 0.465. The number of nitro groups is 1. The molecule has 0 bridgehead atoms. The van der Waals surface area contributed by atoms with Gasteiger partial charge in [-0.1, -0.05) is 0 Å². The second kappa shape index (κ2) is 5.64. The number of rotatable bonds is 4. The zero-order chi connectivity index (χ0) is 12.8. The van der Waals surface area contributed by atoms with Gasteiger partial charge in [-0.3, -0.25) is 14.9 Å². The van der Waals surface area contributed by atoms with Crippen LogP contribution in [0.4, 0.5) is 11.4 Å². The van der Waals surface area contributed by atoms with Gasteiger partial charge >= 0.3 is 0 Å². The summed E-state index contributed by atoms with van der Waals surface area (Å²) < 4.78 is 4.82. The number of nitrogens with zero attached hydrogens (tertiary/aromatic N) is 1. The van der Waals surface area contributed by atoms with Gasteiger partial charge in [0.1, 0.15) is 0 Å². The Kier molecular flexibility index (Phi) is 4.21. The minimum atomic E-state index is -0.499. The van der Waals surface area contributed by atoms with E-state index in [9.17, 15) is 14.9 Å². The maximum absolute atomic E-state index is 11.4. The second-order valence-electron chi connectivity index (χ2n) is 3.25. The van der Waals surface area contributed by atoms with Crippen LogP contribution < -0.4 is 5.32 Å². The highest BCUT2D eigenvalue weighted by Crippen LogP contribution is 2.15. The number of amides is 1. The van der Waals surface area contributed by atoms with E-state index in [1.165, 1.54) is 37.5 Å². The van der Waals surface area contributed by atoms with Crippen LogP contribution in [-0.2, 0) is 9.53 Å². The van der Waals surface area contributed by atoms with Crippen molar-refractivity contribution in [2.75, 3.05) is 12.4 Å². The summed E-state index contributed by atoms with van der Waals surface area (Å²) >= 11 is 0. The minimum absolute atomic E-state index is 0.0217. The first-order chi connectivity index (χ1) is 8.02. The molecule has 0 heterocycles. The molecular formula is C11H12N2O4. The van der Waals surface area contributed by atoms with Gasteiger partial charge in [-0.2, -0.15) is 0 Å². The normalized spacial score (nSPS) is 10.8. The molecule has 0 radical (unpaired) electrons. The van der Waals surface area contributed by atoms with Crippen molar-refractivity contribution in [3.8, 4) is 0 Å². The van der Waals surface area contributed by atoms with E-state index < -0.39 is 4.92 Å². The summed E-state index contributed by atoms with van der Waals surface area (Å²) in [5, 5.41) is 13.0. The molecule has 90 valence electrons. The first-order valence-corrected chi connectivity index (χ1v) is 4.80. The lowest BCUT2D eigenvalue weighted by Gasteiger charge is -2.02. The largest absolute Gasteiger partial charge is 0.501 e. The molecule has 0 aliphatic heterocycles. The highest BCUT2D eigenvalue weighted by atomic mass is 16.6. The van der Waals surface area contributed by atoms with Crippen LogP contribution in [-0.4, -0.2) is 17.9 Å². The van der Waals surface area contributed by atoms with Gasteiger partial charge in [-0.15, -0.1) is 0 Å². The van der Waals surface area contributed by atoms with Crippen molar-refractivity contribution in [3.63, 3.8) is 0 Å². The molecule has 1 aromatic rings. The van der Waals surface area contributed by atoms with Crippen molar-refractivity contribution in [1.82, 2.24) is 0 Å². The summed E-state index contributed by atoms with van der Waals surface area (Å²) in [6.07, 6.45) is 1.29. The first-order valence-electron chi connectivity index (χ1n) is 4.80. The van der Waals surface area contributed by atoms with Crippen molar-refractivity contribution in [3.05, 3.63) is 46.2 Å². The number of non-ortho nitro benzene ring substituents is 1. The van der Waals surface area contributed by atoms with Gasteiger partial charge < -0.3 is 10.1 Å². The molecule has 1 amide bonds. The van der Waals surface area contributed by atoms with Crippen LogP contribution in [0.15, 0.2) is 36.1 Å². The lowest BCUT2D eigenvalue weighted by atomic mass is 10.3. The van der Waals surface area contributed by atoms with E-state index in [2.05, 4.69) is 5.32 Å². The fraction of sp³-hybridized carbons (Fsp3) is 0.182. The predicted octanol–water partition coefficient (Wildman–Crippen LogP) is 2.08. The average Bonchev–Trinajstić information content (AvgIpc) is 2.29. The van der Waals surface area contributed by atoms with Gasteiger partial charge in [0.2, 0.25) is 0 Å². The molecule has 17 heavy (non-hydrogen) atoms. The smallest absolute Gasteiger partial charge is 0.269 e. The Morgan fingerprint density at radius 3 is 2.47 bits per heavy atom. The topological polar surface area (TPSA) is 81.5 Å². The van der Waals surface area contributed by atoms with Crippen LogP contribution in [0.1, 0.15) is 6.92 Å². The third kappa shape index (κ3) is 3.94. The maximum Gasteiger partial charge on any atom is 0.269 e. The average molecular weight is 236 g/mol. The molecule has 1 aromatic carbocycles. The van der Waals surface area contributed by atoms with Gasteiger partial charge in [0.05, 0.1) is 17.8 Å². The number of ether oxygens (including phenoxy) is 1. The van der Waals surface area contributed by atoms with Crippen LogP contribution in [0, 0.1) is 10.1 Å². The van der Waals surface area contributed by atoms with E-state index in [-0.39, 0.29) is 11.6 Å². The van der Waals surface area contributed by atoms with Crippen LogP contribution in [0.3, 0.4) is 0 Å². The van der Waals surface area contributed by atoms with Gasteiger partial charge in [0, 0.05) is 23.9 Å². The van der Waals surface area contributed by atoms with E-state index >= 15 is 0 Å². The fourth-order valence-electron chi connectivity index (χ4n) is 1.09. The van der Waals surface area contributed by atoms with Crippen LogP contribution in [0.2, 0.25) is 0 Å². The number of carbonyl (C=O) groups excluding carboxylic acids is 1. The summed E-state index contributed by atoms with van der Waals surface area (Å²) in [4.78, 5) is 21.3. The van der Waals surface area contributed by atoms with Gasteiger partial charge in [0.15, 0.2) is 0 Å². The highest BCUT2D eigenvalue weighted by Gasteiger charge is 2.05. The van der Waals surface area contributed by atoms with Crippen molar-refractivity contribution in [2.45, 2.75) is 6.92 Å². The van der Waals surface area contributed by atoms with E-state index in [0.717, 1.165) is 0 Å². The number of anilines is 1. The van der Waals surface area contributed by atoms with E-state index in [0.29, 0.717) is 11.4 Å². The molecule has 1 N–H and O–H groups in total. The number of methoxy groups -OCH3 is 1. The molecule has 6 nitrogen and oxygen atoms in total. The number of allylic oxidation sites excluding steroid dienone is 1. The molecule has 0 fully saturated rings. The Labute approximate surface area is 98.0 Å². The summed E-state index contributed by atoms with van der Waals surface area (Å²) in [5.74, 6) is 0.127. The Hall–Kier alpha value is -2.37. The van der Waals surface area contributed by atoms with Crippen molar-refractivity contribution >= 4 is 17.3 Å². The maximum atomic E-state index is 11.4. The number of hydrogen-bond acceptors (Lipinski definition) is 4. The quantitative estimate of drug-likeness (QED) is 0.375. The third-order valence-corrected chi connectivity index (χ3v) is 2.00. The van der Waals surface area contributed by atoms with Crippen LogP contribution >= 0.6 is 0 Å². The number of hydrogen-bond donors (Lipinski definition) is 1. The molecule has 0 aliphatic rings. The van der Waals surface area contributed by atoms with E-state index in [4.69, 9.17) is 4.74 Å². The molecule has 0 atom stereocenters. The molecule has 0 unspecified atom stereocenters. The molecule has 0 spiro atoms. The number of nitrogens with one attached hydrogen (secondary N) is 1. The van der Waals surface area contributed by atoms with Crippen molar-refractivity contribution in [2.24, 2.45) is 0 Å². The Bertz CT molecular complexity index is 451. The molecule has 6 heteroatoms. The fourth-order valence-corrected chi connectivity index (χ4v) is 1.09. The Morgan fingerprint density at radius 1 is 1.41 bits per heavy atom. The standard InChI is InChI=1S/C11H12N2O4/c1-8(17-2)7-11(14)12-9-3-5-10(6-4-9)13(15)16/h3-7H,1-2H3,(H,12,14)/b8-7-. The van der Waals surface area contributed by atoms with Gasteiger partial charge in [-0.05, 0) is 19.1 Å². The van der Waals surface area contributed by atoms with Crippen LogP contribution in [0.25, 0.3) is 0 Å². The summed E-state index contributed by atoms with van der Waals surface area (Å²) in [6, 6.07) is 5.57. The summed E-state index contributed by atoms with van der Waals surface area (Å²) in [7, 11) is 1.46. The number of benzene rings is 1. The zero-order valence-corrected chi connectivity index (χ0v) is 9.47. The minimum Gasteiger partial charge on any atom is -0.501 e. The molecule has 0 aliphatic carbocycles. The number of carbonyl (C=O) groups is 1. The van der Waals surface area contributed by atoms with E-state index in [1.54, 1.807) is 6.92 Å². The van der Waals surface area contributed by atoms with E-state index in [1.807, 2.05) is 0 Å². The molecule has 1 rings (SSSR count). The lowest BCUT2D eigenvalue weighted by Crippen LogP contribution is -2.08. The molecular weight excluding hydrogens is 224 g/mol. The van der Waals surface area contributed by atoms with Crippen molar-refractivity contribution in [1.29, 1.82) is 0 Å². The Balaban J connectivity index is 2.70. The molecule has 0 saturated carbocycles. The third-order valence-electron chi connectivity index (χ3n) is 2.00. The van der Waals surface area contributed by atoms with Gasteiger partial charge in [-0.25, -0.2) is 0 Å². The lowest BCUT2D eigenvalue weighted by molar-refractivity contribution is -0.384. The monoisotopic (exact) mass is 236 g/mol. The summed E-state index contributed by atoms with van der Waals surface area (Å²) in [6.45, 7) is 1.65. The van der Waals surface area contributed by atoms with Crippen LogP contribution in [0.5, 0.6) is 0 Å². The van der Waals surface area contributed by atoms with Crippen molar-refractivity contribution < 1.29 is 14.5 Å². The predicted molar refractivity (Wildman–Crippen MR) is 62.5 cm³/mol. The first kappa shape index (κ1) is 12.7. The highest BCUT2D eigenvalue weighted by molar-refractivity contribution is 5.99.